The summed E-state index contributed by atoms with van der Waals surface area (Å²) in [5, 5.41) is 8.06. The zero-order valence-electron chi connectivity index (χ0n) is 11.9. The molecular formula is C13H23BrN4O. The number of hydrogen-bond acceptors (Lipinski definition) is 4. The number of aryl methyl sites for hydroxylation is 1. The SMILES string of the molecule is CCOC1(C(N)c2c(Br)nnn2C)CCCC(C)C1. The average molecular weight is 331 g/mol. The number of ether oxygens (including phenoxy) is 1. The highest BCUT2D eigenvalue weighted by molar-refractivity contribution is 9.10. The molecule has 0 amide bonds. The van der Waals surface area contributed by atoms with Crippen LogP contribution in [0.2, 0.25) is 0 Å². The van der Waals surface area contributed by atoms with Gasteiger partial charge in [0, 0.05) is 13.7 Å². The summed E-state index contributed by atoms with van der Waals surface area (Å²) in [6.07, 6.45) is 4.42. The lowest BCUT2D eigenvalue weighted by Crippen LogP contribution is -2.48. The molecule has 0 spiro atoms. The Kier molecular flexibility index (Phi) is 4.63. The molecule has 19 heavy (non-hydrogen) atoms. The second kappa shape index (κ2) is 5.89. The summed E-state index contributed by atoms with van der Waals surface area (Å²) in [4.78, 5) is 0. The van der Waals surface area contributed by atoms with Crippen LogP contribution in [-0.4, -0.2) is 27.2 Å². The average Bonchev–Trinajstić information content (AvgIpc) is 2.68. The molecule has 1 fully saturated rings. The summed E-state index contributed by atoms with van der Waals surface area (Å²) in [6.45, 7) is 4.99. The van der Waals surface area contributed by atoms with Crippen LogP contribution in [0.15, 0.2) is 4.60 Å². The lowest BCUT2D eigenvalue weighted by Gasteiger charge is -2.43. The Morgan fingerprint density at radius 2 is 2.37 bits per heavy atom. The van der Waals surface area contributed by atoms with Crippen LogP contribution in [0.25, 0.3) is 0 Å². The van der Waals surface area contributed by atoms with E-state index >= 15 is 0 Å². The Hall–Kier alpha value is -0.460. The van der Waals surface area contributed by atoms with Gasteiger partial charge in [0.2, 0.25) is 0 Å². The number of hydrogen-bond donors (Lipinski definition) is 1. The van der Waals surface area contributed by atoms with Gasteiger partial charge in [0.15, 0.2) is 4.60 Å². The molecule has 1 saturated carbocycles. The van der Waals surface area contributed by atoms with Crippen LogP contribution < -0.4 is 5.73 Å². The highest BCUT2D eigenvalue weighted by atomic mass is 79.9. The molecule has 108 valence electrons. The van der Waals surface area contributed by atoms with Crippen molar-refractivity contribution in [3.8, 4) is 0 Å². The van der Waals surface area contributed by atoms with E-state index in [1.165, 1.54) is 6.42 Å². The smallest absolute Gasteiger partial charge is 0.153 e. The fourth-order valence-electron chi connectivity index (χ4n) is 3.25. The Bertz CT molecular complexity index is 413. The van der Waals surface area contributed by atoms with Crippen molar-refractivity contribution < 1.29 is 4.74 Å². The van der Waals surface area contributed by atoms with Gasteiger partial charge in [-0.1, -0.05) is 25.0 Å². The van der Waals surface area contributed by atoms with Gasteiger partial charge < -0.3 is 10.5 Å². The topological polar surface area (TPSA) is 66.0 Å². The van der Waals surface area contributed by atoms with E-state index in [0.717, 1.165) is 29.6 Å². The summed E-state index contributed by atoms with van der Waals surface area (Å²) in [6, 6.07) is -0.204. The summed E-state index contributed by atoms with van der Waals surface area (Å²) < 4.78 is 8.59. The van der Waals surface area contributed by atoms with Crippen molar-refractivity contribution in [2.45, 2.75) is 51.2 Å². The minimum atomic E-state index is -0.287. The zero-order chi connectivity index (χ0) is 14.0. The van der Waals surface area contributed by atoms with Crippen molar-refractivity contribution in [3.63, 3.8) is 0 Å². The summed E-state index contributed by atoms with van der Waals surface area (Å²) in [5.74, 6) is 0.645. The van der Waals surface area contributed by atoms with Crippen molar-refractivity contribution in [1.82, 2.24) is 15.0 Å². The van der Waals surface area contributed by atoms with Gasteiger partial charge in [-0.05, 0) is 41.6 Å². The standard InChI is InChI=1S/C13H23BrN4O/c1-4-19-13(7-5-6-9(2)8-13)11(15)10-12(14)16-17-18(10)3/h9,11H,4-8,15H2,1-3H3. The van der Waals surface area contributed by atoms with E-state index in [1.807, 2.05) is 14.0 Å². The Morgan fingerprint density at radius 1 is 1.63 bits per heavy atom. The van der Waals surface area contributed by atoms with Gasteiger partial charge in [0.1, 0.15) is 0 Å². The molecule has 0 saturated heterocycles. The van der Waals surface area contributed by atoms with Gasteiger partial charge in [-0.15, -0.1) is 5.10 Å². The van der Waals surface area contributed by atoms with Crippen LogP contribution in [0.4, 0.5) is 0 Å². The number of aromatic nitrogens is 3. The molecule has 1 aromatic heterocycles. The van der Waals surface area contributed by atoms with Gasteiger partial charge >= 0.3 is 0 Å². The monoisotopic (exact) mass is 330 g/mol. The van der Waals surface area contributed by atoms with E-state index < -0.39 is 0 Å². The zero-order valence-corrected chi connectivity index (χ0v) is 13.5. The first kappa shape index (κ1) is 14.9. The fraction of sp³-hybridized carbons (Fsp3) is 0.846. The molecule has 3 atom stereocenters. The lowest BCUT2D eigenvalue weighted by molar-refractivity contribution is -0.0953. The third kappa shape index (κ3) is 2.85. The third-order valence-corrected chi connectivity index (χ3v) is 4.68. The molecule has 0 aliphatic heterocycles. The number of halogens is 1. The predicted molar refractivity (Wildman–Crippen MR) is 77.6 cm³/mol. The van der Waals surface area contributed by atoms with Crippen LogP contribution in [0.3, 0.4) is 0 Å². The van der Waals surface area contributed by atoms with E-state index in [1.54, 1.807) is 4.68 Å². The normalized spacial score (nSPS) is 29.4. The van der Waals surface area contributed by atoms with E-state index in [0.29, 0.717) is 12.5 Å². The number of rotatable bonds is 4. The summed E-state index contributed by atoms with van der Waals surface area (Å²) in [5.41, 5.74) is 7.18. The highest BCUT2D eigenvalue weighted by Crippen LogP contribution is 2.43. The second-order valence-electron chi connectivity index (χ2n) is 5.57. The van der Waals surface area contributed by atoms with Crippen molar-refractivity contribution in [1.29, 1.82) is 0 Å². The van der Waals surface area contributed by atoms with Crippen LogP contribution in [0.5, 0.6) is 0 Å². The first-order valence-corrected chi connectivity index (χ1v) is 7.74. The van der Waals surface area contributed by atoms with Crippen LogP contribution >= 0.6 is 15.9 Å². The molecule has 2 rings (SSSR count). The molecular weight excluding hydrogens is 308 g/mol. The molecule has 0 radical (unpaired) electrons. The van der Waals surface area contributed by atoms with Crippen LogP contribution in [0, 0.1) is 5.92 Å². The number of nitrogens with zero attached hydrogens (tertiary/aromatic N) is 3. The van der Waals surface area contributed by atoms with Crippen molar-refractivity contribution in [3.05, 3.63) is 10.3 Å². The molecule has 1 aromatic rings. The van der Waals surface area contributed by atoms with Crippen molar-refractivity contribution in [2.75, 3.05) is 6.61 Å². The molecule has 6 heteroatoms. The van der Waals surface area contributed by atoms with Crippen molar-refractivity contribution in [2.24, 2.45) is 18.7 Å². The largest absolute Gasteiger partial charge is 0.373 e. The minimum Gasteiger partial charge on any atom is -0.373 e. The first-order valence-electron chi connectivity index (χ1n) is 6.94. The summed E-state index contributed by atoms with van der Waals surface area (Å²) in [7, 11) is 1.87. The highest BCUT2D eigenvalue weighted by Gasteiger charge is 2.43. The molecule has 0 aromatic carbocycles. The Morgan fingerprint density at radius 3 is 2.89 bits per heavy atom. The maximum Gasteiger partial charge on any atom is 0.153 e. The quantitative estimate of drug-likeness (QED) is 0.921. The fourth-order valence-corrected chi connectivity index (χ4v) is 3.83. The van der Waals surface area contributed by atoms with E-state index in [-0.39, 0.29) is 11.6 Å². The molecule has 1 heterocycles. The van der Waals surface area contributed by atoms with E-state index in [2.05, 4.69) is 33.2 Å². The maximum atomic E-state index is 6.54. The molecule has 3 unspecified atom stereocenters. The third-order valence-electron chi connectivity index (χ3n) is 4.11. The second-order valence-corrected chi connectivity index (χ2v) is 6.32. The van der Waals surface area contributed by atoms with Crippen molar-refractivity contribution >= 4 is 15.9 Å². The van der Waals surface area contributed by atoms with Gasteiger partial charge in [-0.25, -0.2) is 4.68 Å². The lowest BCUT2D eigenvalue weighted by atomic mass is 9.74. The molecule has 2 N–H and O–H groups in total. The first-order chi connectivity index (χ1) is 9.00. The van der Waals surface area contributed by atoms with Gasteiger partial charge in [-0.2, -0.15) is 0 Å². The molecule has 1 aliphatic carbocycles. The van der Waals surface area contributed by atoms with Gasteiger partial charge in [0.05, 0.1) is 17.3 Å². The van der Waals surface area contributed by atoms with Gasteiger partial charge in [0.25, 0.3) is 0 Å². The molecule has 5 nitrogen and oxygen atoms in total. The minimum absolute atomic E-state index is 0.204. The molecule has 1 aliphatic rings. The van der Waals surface area contributed by atoms with E-state index in [9.17, 15) is 0 Å². The van der Waals surface area contributed by atoms with Crippen LogP contribution in [0.1, 0.15) is 51.3 Å². The number of nitrogens with two attached hydrogens (primary N) is 1. The van der Waals surface area contributed by atoms with E-state index in [4.69, 9.17) is 10.5 Å². The predicted octanol–water partition coefficient (Wildman–Crippen LogP) is 2.56. The Balaban J connectivity index is 2.33. The van der Waals surface area contributed by atoms with Crippen LogP contribution in [-0.2, 0) is 11.8 Å². The maximum absolute atomic E-state index is 6.54. The van der Waals surface area contributed by atoms with Gasteiger partial charge in [-0.3, -0.25) is 0 Å². The Labute approximate surface area is 123 Å². The summed E-state index contributed by atoms with van der Waals surface area (Å²) >= 11 is 3.44. The molecule has 0 bridgehead atoms.